The number of amides is 1. The van der Waals surface area contributed by atoms with E-state index in [-0.39, 0.29) is 5.75 Å². The fourth-order valence-corrected chi connectivity index (χ4v) is 3.05. The molecular weight excluding hydrogens is 386 g/mol. The molecule has 1 aromatic carbocycles. The molecule has 0 bridgehead atoms. The van der Waals surface area contributed by atoms with Crippen molar-refractivity contribution in [1.29, 1.82) is 5.26 Å². The van der Waals surface area contributed by atoms with Crippen molar-refractivity contribution in [2.24, 2.45) is 0 Å². The molecule has 0 aliphatic rings. The largest absolute Gasteiger partial charge is 0.476 e. The van der Waals surface area contributed by atoms with Crippen LogP contribution in [0.5, 0.6) is 5.75 Å². The van der Waals surface area contributed by atoms with Gasteiger partial charge in [0.2, 0.25) is 5.75 Å². The summed E-state index contributed by atoms with van der Waals surface area (Å²) in [4.78, 5) is 26.9. The number of nitro groups is 1. The Bertz CT molecular complexity index is 1160. The normalized spacial score (nSPS) is 10.3. The predicted octanol–water partition coefficient (Wildman–Crippen LogP) is 3.59. The minimum Gasteiger partial charge on any atom is -0.476 e. The number of rotatable bonds is 6. The fraction of sp³-hybridized carbons (Fsp3) is 0.190. The lowest BCUT2D eigenvalue weighted by atomic mass is 10.2. The van der Waals surface area contributed by atoms with Crippen LogP contribution in [0, 0.1) is 42.2 Å². The summed E-state index contributed by atoms with van der Waals surface area (Å²) in [6.07, 6.45) is 0. The molecule has 0 aliphatic heterocycles. The number of ether oxygens (including phenoxy) is 1. The van der Waals surface area contributed by atoms with Gasteiger partial charge in [0.25, 0.3) is 5.91 Å². The van der Waals surface area contributed by atoms with Gasteiger partial charge in [-0.2, -0.15) is 5.26 Å². The number of aromatic nitrogens is 2. The van der Waals surface area contributed by atoms with Crippen LogP contribution in [0.1, 0.15) is 22.5 Å². The molecule has 2 aromatic heterocycles. The summed E-state index contributed by atoms with van der Waals surface area (Å²) < 4.78 is 7.11. The second kappa shape index (κ2) is 8.45. The monoisotopic (exact) mass is 405 g/mol. The van der Waals surface area contributed by atoms with Gasteiger partial charge in [-0.25, -0.2) is 0 Å². The van der Waals surface area contributed by atoms with Gasteiger partial charge in [-0.15, -0.1) is 0 Å². The molecule has 0 spiro atoms. The molecule has 1 amide bonds. The van der Waals surface area contributed by atoms with Crippen molar-refractivity contribution in [2.45, 2.75) is 20.8 Å². The maximum atomic E-state index is 12.6. The molecule has 152 valence electrons. The molecule has 3 rings (SSSR count). The first kappa shape index (κ1) is 20.5. The van der Waals surface area contributed by atoms with Gasteiger partial charge in [0.15, 0.2) is 6.61 Å². The summed E-state index contributed by atoms with van der Waals surface area (Å²) in [6, 6.07) is 14.4. The summed E-state index contributed by atoms with van der Waals surface area (Å²) in [5.74, 6) is -0.799. The summed E-state index contributed by atoms with van der Waals surface area (Å²) >= 11 is 0. The number of pyridine rings is 1. The van der Waals surface area contributed by atoms with Gasteiger partial charge in [0, 0.05) is 18.3 Å². The highest BCUT2D eigenvalue weighted by Crippen LogP contribution is 2.30. The van der Waals surface area contributed by atoms with Gasteiger partial charge in [-0.1, -0.05) is 18.2 Å². The molecule has 0 fully saturated rings. The average Bonchev–Trinajstić information content (AvgIpc) is 2.96. The highest BCUT2D eigenvalue weighted by Gasteiger charge is 2.22. The number of carbonyl (C=O) groups is 1. The van der Waals surface area contributed by atoms with Crippen LogP contribution in [0.3, 0.4) is 0 Å². The molecule has 9 heteroatoms. The number of hydrogen-bond acceptors (Lipinski definition) is 6. The van der Waals surface area contributed by atoms with Crippen molar-refractivity contribution in [3.8, 4) is 17.5 Å². The lowest BCUT2D eigenvalue weighted by molar-refractivity contribution is -0.390. The molecule has 0 atom stereocenters. The van der Waals surface area contributed by atoms with Crippen LogP contribution in [0.25, 0.3) is 5.69 Å². The SMILES string of the molecule is Cc1ccc(OCC(=O)Nc2c(C#N)c(C)c(C)n2-c2ccccc2)c([N+](=O)[O-])n1. The first-order valence-corrected chi connectivity index (χ1v) is 9.05. The molecule has 2 heterocycles. The third kappa shape index (κ3) is 3.98. The molecule has 30 heavy (non-hydrogen) atoms. The van der Waals surface area contributed by atoms with E-state index < -0.39 is 23.3 Å². The van der Waals surface area contributed by atoms with E-state index in [4.69, 9.17) is 4.74 Å². The van der Waals surface area contributed by atoms with E-state index in [1.165, 1.54) is 6.07 Å². The van der Waals surface area contributed by atoms with Crippen molar-refractivity contribution in [3.05, 3.63) is 75.1 Å². The number of hydrogen-bond donors (Lipinski definition) is 1. The average molecular weight is 405 g/mol. The summed E-state index contributed by atoms with van der Waals surface area (Å²) in [6.45, 7) is 4.81. The van der Waals surface area contributed by atoms with E-state index in [9.17, 15) is 20.2 Å². The lowest BCUT2D eigenvalue weighted by Crippen LogP contribution is -2.22. The van der Waals surface area contributed by atoms with Crippen molar-refractivity contribution in [3.63, 3.8) is 0 Å². The number of nitrogens with one attached hydrogen (secondary N) is 1. The maximum Gasteiger partial charge on any atom is 0.406 e. The summed E-state index contributed by atoms with van der Waals surface area (Å²) in [5, 5.41) is 23.5. The number of anilines is 1. The number of nitrogens with zero attached hydrogens (tertiary/aromatic N) is 4. The van der Waals surface area contributed by atoms with Crippen molar-refractivity contribution < 1.29 is 14.5 Å². The topological polar surface area (TPSA) is 123 Å². The maximum absolute atomic E-state index is 12.6. The van der Waals surface area contributed by atoms with Crippen molar-refractivity contribution in [1.82, 2.24) is 9.55 Å². The van der Waals surface area contributed by atoms with E-state index in [1.54, 1.807) is 24.5 Å². The number of aryl methyl sites for hydroxylation is 1. The molecule has 0 radical (unpaired) electrons. The van der Waals surface area contributed by atoms with E-state index in [2.05, 4.69) is 16.4 Å². The molecule has 1 N–H and O–H groups in total. The van der Waals surface area contributed by atoms with Crippen LogP contribution in [-0.2, 0) is 4.79 Å². The summed E-state index contributed by atoms with van der Waals surface area (Å²) in [7, 11) is 0. The highest BCUT2D eigenvalue weighted by atomic mass is 16.6. The molecule has 0 saturated carbocycles. The second-order valence-electron chi connectivity index (χ2n) is 6.59. The Morgan fingerprint density at radius 1 is 1.23 bits per heavy atom. The van der Waals surface area contributed by atoms with Crippen LogP contribution in [-0.4, -0.2) is 27.0 Å². The van der Waals surface area contributed by atoms with E-state index in [0.29, 0.717) is 17.1 Å². The van der Waals surface area contributed by atoms with Crippen LogP contribution in [0.2, 0.25) is 0 Å². The Morgan fingerprint density at radius 3 is 2.57 bits per heavy atom. The smallest absolute Gasteiger partial charge is 0.406 e. The Hall–Kier alpha value is -4.19. The predicted molar refractivity (Wildman–Crippen MR) is 110 cm³/mol. The van der Waals surface area contributed by atoms with Crippen molar-refractivity contribution >= 4 is 17.5 Å². The minimum atomic E-state index is -0.665. The number of benzene rings is 1. The zero-order valence-electron chi connectivity index (χ0n) is 16.7. The highest BCUT2D eigenvalue weighted by molar-refractivity contribution is 5.93. The Kier molecular flexibility index (Phi) is 5.78. The van der Waals surface area contributed by atoms with E-state index in [0.717, 1.165) is 16.9 Å². The molecular formula is C21H19N5O4. The van der Waals surface area contributed by atoms with E-state index >= 15 is 0 Å². The van der Waals surface area contributed by atoms with Gasteiger partial charge in [0.05, 0.1) is 5.56 Å². The van der Waals surface area contributed by atoms with Crippen molar-refractivity contribution in [2.75, 3.05) is 11.9 Å². The van der Waals surface area contributed by atoms with E-state index in [1.807, 2.05) is 37.3 Å². The van der Waals surface area contributed by atoms with Crippen LogP contribution >= 0.6 is 0 Å². The first-order chi connectivity index (χ1) is 14.3. The summed E-state index contributed by atoms with van der Waals surface area (Å²) in [5.41, 5.74) is 3.15. The quantitative estimate of drug-likeness (QED) is 0.494. The molecule has 0 unspecified atom stereocenters. The Balaban J connectivity index is 1.87. The molecule has 0 aliphatic carbocycles. The Labute approximate surface area is 172 Å². The number of para-hydroxylation sites is 1. The second-order valence-corrected chi connectivity index (χ2v) is 6.59. The van der Waals surface area contributed by atoms with Gasteiger partial charge in [-0.05, 0) is 53.6 Å². The van der Waals surface area contributed by atoms with Crippen LogP contribution in [0.15, 0.2) is 42.5 Å². The van der Waals surface area contributed by atoms with Crippen LogP contribution in [0.4, 0.5) is 11.6 Å². The van der Waals surface area contributed by atoms with Gasteiger partial charge >= 0.3 is 5.82 Å². The molecule has 0 saturated heterocycles. The third-order valence-electron chi connectivity index (χ3n) is 4.61. The first-order valence-electron chi connectivity index (χ1n) is 9.05. The third-order valence-corrected chi connectivity index (χ3v) is 4.61. The lowest BCUT2D eigenvalue weighted by Gasteiger charge is -2.13. The minimum absolute atomic E-state index is 0.105. The standard InChI is InChI=1S/C21H19N5O4/c1-13-9-10-18(21(23-13)26(28)29)30-12-19(27)24-20-17(11-22)14(2)15(3)25(20)16-7-5-4-6-8-16/h4-10H,12H2,1-3H3,(H,24,27). The molecule has 3 aromatic rings. The van der Waals surface area contributed by atoms with Gasteiger partial charge < -0.3 is 20.2 Å². The molecule has 9 nitrogen and oxygen atoms in total. The van der Waals surface area contributed by atoms with Gasteiger partial charge in [-0.3, -0.25) is 9.36 Å². The zero-order chi connectivity index (χ0) is 21.8. The van der Waals surface area contributed by atoms with Gasteiger partial charge in [0.1, 0.15) is 17.6 Å². The number of carbonyl (C=O) groups excluding carboxylic acids is 1. The van der Waals surface area contributed by atoms with Crippen LogP contribution < -0.4 is 10.1 Å². The Morgan fingerprint density at radius 2 is 1.93 bits per heavy atom. The zero-order valence-corrected chi connectivity index (χ0v) is 16.7. The number of nitriles is 1. The fourth-order valence-electron chi connectivity index (χ4n) is 3.05.